The van der Waals surface area contributed by atoms with Gasteiger partial charge in [0.1, 0.15) is 0 Å². The van der Waals surface area contributed by atoms with E-state index in [1.54, 1.807) is 0 Å². The Hall–Kier alpha value is -0.120. The van der Waals surface area contributed by atoms with Gasteiger partial charge in [-0.2, -0.15) is 0 Å². The van der Waals surface area contributed by atoms with Crippen LogP contribution in [0.5, 0.6) is 0 Å². The van der Waals surface area contributed by atoms with E-state index in [-0.39, 0.29) is 18.1 Å². The lowest BCUT2D eigenvalue weighted by atomic mass is 9.60. The van der Waals surface area contributed by atoms with Crippen molar-refractivity contribution in [3.05, 3.63) is 0 Å². The van der Waals surface area contributed by atoms with E-state index in [0.29, 0.717) is 5.92 Å². The van der Waals surface area contributed by atoms with Gasteiger partial charge in [-0.05, 0) is 18.8 Å². The van der Waals surface area contributed by atoms with Crippen molar-refractivity contribution >= 4 is 0 Å². The SMILES string of the molecule is NC(CO)C1(C2CCC2)COC1. The molecule has 0 bridgehead atoms. The first-order chi connectivity index (χ1) is 5.79. The quantitative estimate of drug-likeness (QED) is 0.634. The Bertz CT molecular complexity index is 157. The van der Waals surface area contributed by atoms with E-state index < -0.39 is 0 Å². The molecule has 3 heteroatoms. The maximum Gasteiger partial charge on any atom is 0.0589 e. The van der Waals surface area contributed by atoms with Crippen molar-refractivity contribution in [1.82, 2.24) is 0 Å². The van der Waals surface area contributed by atoms with Crippen LogP contribution in [0.25, 0.3) is 0 Å². The molecule has 1 atom stereocenters. The Morgan fingerprint density at radius 2 is 2.17 bits per heavy atom. The molecule has 0 aromatic carbocycles. The minimum Gasteiger partial charge on any atom is -0.395 e. The van der Waals surface area contributed by atoms with E-state index in [2.05, 4.69) is 0 Å². The van der Waals surface area contributed by atoms with Crippen molar-refractivity contribution in [2.24, 2.45) is 17.1 Å². The van der Waals surface area contributed by atoms with Crippen molar-refractivity contribution in [3.63, 3.8) is 0 Å². The summed E-state index contributed by atoms with van der Waals surface area (Å²) < 4.78 is 5.23. The fourth-order valence-electron chi connectivity index (χ4n) is 2.26. The molecule has 0 spiro atoms. The van der Waals surface area contributed by atoms with Gasteiger partial charge in [-0.15, -0.1) is 0 Å². The van der Waals surface area contributed by atoms with Gasteiger partial charge in [-0.25, -0.2) is 0 Å². The Kier molecular flexibility index (Phi) is 2.10. The third-order valence-corrected chi connectivity index (χ3v) is 3.59. The summed E-state index contributed by atoms with van der Waals surface area (Å²) in [5.74, 6) is 0.716. The van der Waals surface area contributed by atoms with Gasteiger partial charge in [-0.3, -0.25) is 0 Å². The molecule has 1 aliphatic carbocycles. The summed E-state index contributed by atoms with van der Waals surface area (Å²) in [6.45, 7) is 1.62. The zero-order chi connectivity index (χ0) is 8.60. The lowest BCUT2D eigenvalue weighted by Crippen LogP contribution is -2.62. The molecule has 0 amide bonds. The monoisotopic (exact) mass is 171 g/mol. The van der Waals surface area contributed by atoms with Crippen LogP contribution in [-0.4, -0.2) is 31.0 Å². The molecule has 70 valence electrons. The highest BCUT2D eigenvalue weighted by atomic mass is 16.5. The largest absolute Gasteiger partial charge is 0.395 e. The predicted molar refractivity (Wildman–Crippen MR) is 45.7 cm³/mol. The number of ether oxygens (including phenoxy) is 1. The van der Waals surface area contributed by atoms with Crippen LogP contribution in [0.1, 0.15) is 19.3 Å². The van der Waals surface area contributed by atoms with Crippen LogP contribution in [-0.2, 0) is 4.74 Å². The minimum absolute atomic E-state index is 0.0726. The highest BCUT2D eigenvalue weighted by Crippen LogP contribution is 2.48. The molecular formula is C9H17NO2. The van der Waals surface area contributed by atoms with Gasteiger partial charge in [0.25, 0.3) is 0 Å². The zero-order valence-electron chi connectivity index (χ0n) is 7.33. The molecule has 2 fully saturated rings. The maximum absolute atomic E-state index is 9.02. The van der Waals surface area contributed by atoms with Crippen LogP contribution >= 0.6 is 0 Å². The van der Waals surface area contributed by atoms with E-state index >= 15 is 0 Å². The highest BCUT2D eigenvalue weighted by Gasteiger charge is 2.51. The molecule has 3 nitrogen and oxygen atoms in total. The van der Waals surface area contributed by atoms with E-state index in [4.69, 9.17) is 15.6 Å². The zero-order valence-corrected chi connectivity index (χ0v) is 7.33. The summed E-state index contributed by atoms with van der Waals surface area (Å²) in [7, 11) is 0. The first-order valence-electron chi connectivity index (χ1n) is 4.74. The summed E-state index contributed by atoms with van der Waals surface area (Å²) in [5, 5.41) is 9.02. The predicted octanol–water partition coefficient (Wildman–Crippen LogP) is 0.123. The van der Waals surface area contributed by atoms with Crippen LogP contribution in [0.15, 0.2) is 0 Å². The molecule has 0 aromatic heterocycles. The normalized spacial score (nSPS) is 30.5. The van der Waals surface area contributed by atoms with Crippen molar-refractivity contribution in [2.75, 3.05) is 19.8 Å². The summed E-state index contributed by atoms with van der Waals surface area (Å²) in [6.07, 6.45) is 3.87. The first kappa shape index (κ1) is 8.48. The Morgan fingerprint density at radius 3 is 2.42 bits per heavy atom. The molecule has 2 rings (SSSR count). The molecule has 1 aliphatic heterocycles. The van der Waals surface area contributed by atoms with Crippen molar-refractivity contribution in [3.8, 4) is 0 Å². The average Bonchev–Trinajstić information content (AvgIpc) is 1.91. The topological polar surface area (TPSA) is 55.5 Å². The van der Waals surface area contributed by atoms with Crippen LogP contribution in [0.4, 0.5) is 0 Å². The third-order valence-electron chi connectivity index (χ3n) is 3.59. The van der Waals surface area contributed by atoms with Gasteiger partial charge >= 0.3 is 0 Å². The van der Waals surface area contributed by atoms with Gasteiger partial charge in [0, 0.05) is 11.5 Å². The summed E-state index contributed by atoms with van der Waals surface area (Å²) in [4.78, 5) is 0. The van der Waals surface area contributed by atoms with Gasteiger partial charge < -0.3 is 15.6 Å². The van der Waals surface area contributed by atoms with E-state index in [1.165, 1.54) is 19.3 Å². The average molecular weight is 171 g/mol. The van der Waals surface area contributed by atoms with Crippen molar-refractivity contribution < 1.29 is 9.84 Å². The molecule has 1 unspecified atom stereocenters. The number of aliphatic hydroxyl groups excluding tert-OH is 1. The lowest BCUT2D eigenvalue weighted by Gasteiger charge is -2.53. The Balaban J connectivity index is 2.02. The molecule has 1 heterocycles. The number of hydrogen-bond donors (Lipinski definition) is 2. The van der Waals surface area contributed by atoms with E-state index in [0.717, 1.165) is 13.2 Å². The maximum atomic E-state index is 9.02. The fraction of sp³-hybridized carbons (Fsp3) is 1.00. The number of aliphatic hydroxyl groups is 1. The first-order valence-corrected chi connectivity index (χ1v) is 4.74. The van der Waals surface area contributed by atoms with Crippen molar-refractivity contribution in [1.29, 1.82) is 0 Å². The summed E-state index contributed by atoms with van der Waals surface area (Å²) >= 11 is 0. The van der Waals surface area contributed by atoms with Crippen LogP contribution in [0, 0.1) is 11.3 Å². The molecule has 1 saturated heterocycles. The molecule has 2 aliphatic rings. The Morgan fingerprint density at radius 1 is 1.50 bits per heavy atom. The second-order valence-electron chi connectivity index (χ2n) is 4.14. The second kappa shape index (κ2) is 2.98. The van der Waals surface area contributed by atoms with Gasteiger partial charge in [0.05, 0.1) is 19.8 Å². The van der Waals surface area contributed by atoms with Gasteiger partial charge in [0.2, 0.25) is 0 Å². The summed E-state index contributed by atoms with van der Waals surface area (Å²) in [5.41, 5.74) is 6.03. The van der Waals surface area contributed by atoms with Crippen LogP contribution in [0.3, 0.4) is 0 Å². The number of hydrogen-bond acceptors (Lipinski definition) is 3. The smallest absolute Gasteiger partial charge is 0.0589 e. The minimum atomic E-state index is -0.0726. The number of rotatable bonds is 3. The molecule has 0 radical (unpaired) electrons. The van der Waals surface area contributed by atoms with Crippen LogP contribution in [0.2, 0.25) is 0 Å². The molecule has 0 aromatic rings. The van der Waals surface area contributed by atoms with E-state index in [9.17, 15) is 0 Å². The molecule has 1 saturated carbocycles. The Labute approximate surface area is 72.9 Å². The van der Waals surface area contributed by atoms with Crippen LogP contribution < -0.4 is 5.73 Å². The van der Waals surface area contributed by atoms with E-state index in [1.807, 2.05) is 0 Å². The third kappa shape index (κ3) is 1.00. The number of nitrogens with two attached hydrogens (primary N) is 1. The highest BCUT2D eigenvalue weighted by molar-refractivity contribution is 5.01. The molecular weight excluding hydrogens is 154 g/mol. The fourth-order valence-corrected chi connectivity index (χ4v) is 2.26. The summed E-state index contributed by atoms with van der Waals surface area (Å²) in [6, 6.07) is -0.0726. The lowest BCUT2D eigenvalue weighted by molar-refractivity contribution is -0.179. The standard InChI is InChI=1S/C9H17NO2/c10-8(4-11)9(5-12-6-9)7-2-1-3-7/h7-8,11H,1-6,10H2. The van der Waals surface area contributed by atoms with Gasteiger partial charge in [-0.1, -0.05) is 6.42 Å². The van der Waals surface area contributed by atoms with Gasteiger partial charge in [0.15, 0.2) is 0 Å². The second-order valence-corrected chi connectivity index (χ2v) is 4.14. The van der Waals surface area contributed by atoms with Crippen molar-refractivity contribution in [2.45, 2.75) is 25.3 Å². The molecule has 3 N–H and O–H groups in total. The molecule has 12 heavy (non-hydrogen) atoms.